The van der Waals surface area contributed by atoms with E-state index in [1.165, 1.54) is 19.3 Å². The minimum Gasteiger partial charge on any atom is -0.356 e. The summed E-state index contributed by atoms with van der Waals surface area (Å²) in [5, 5.41) is 9.25. The molecule has 0 aromatic heterocycles. The Hall–Kier alpha value is -0.530. The Morgan fingerprint density at radius 2 is 1.75 bits per heavy atom. The molecule has 0 saturated carbocycles. The molecule has 0 aliphatic heterocycles. The van der Waals surface area contributed by atoms with Crippen molar-refractivity contribution in [2.45, 2.75) is 58.9 Å². The second-order valence-corrected chi connectivity index (χ2v) is 4.96. The first kappa shape index (κ1) is 21.8. The van der Waals surface area contributed by atoms with Crippen molar-refractivity contribution < 1.29 is 4.79 Å². The number of rotatable bonds is 9. The molecule has 3 N–H and O–H groups in total. The number of carbonyl (C=O) groups is 1. The molecule has 0 fully saturated rings. The van der Waals surface area contributed by atoms with Gasteiger partial charge in [0.1, 0.15) is 0 Å². The Morgan fingerprint density at radius 3 is 2.30 bits per heavy atom. The number of amides is 1. The zero-order chi connectivity index (χ0) is 14.5. The van der Waals surface area contributed by atoms with Crippen LogP contribution in [0, 0.1) is 0 Å². The number of halogens is 1. The Labute approximate surface area is 140 Å². The van der Waals surface area contributed by atoms with Crippen molar-refractivity contribution in [1.29, 1.82) is 0 Å². The van der Waals surface area contributed by atoms with Crippen molar-refractivity contribution in [3.63, 3.8) is 0 Å². The number of guanidine groups is 1. The molecule has 0 atom stereocenters. The van der Waals surface area contributed by atoms with E-state index in [-0.39, 0.29) is 35.9 Å². The number of unbranched alkanes of at least 4 members (excludes halogenated alkanes) is 3. The van der Waals surface area contributed by atoms with E-state index >= 15 is 0 Å². The SMILES string of the molecule is CCCCCCNC(=NC)NCCC(=O)NC(C)C.I. The van der Waals surface area contributed by atoms with Crippen LogP contribution in [0.5, 0.6) is 0 Å². The molecule has 0 aromatic rings. The van der Waals surface area contributed by atoms with E-state index in [2.05, 4.69) is 27.9 Å². The first-order chi connectivity index (χ1) is 9.10. The zero-order valence-electron chi connectivity index (χ0n) is 13.3. The fraction of sp³-hybridized carbons (Fsp3) is 0.857. The second-order valence-electron chi connectivity index (χ2n) is 4.96. The maximum atomic E-state index is 11.4. The summed E-state index contributed by atoms with van der Waals surface area (Å²) in [7, 11) is 1.75. The molecule has 0 rings (SSSR count). The zero-order valence-corrected chi connectivity index (χ0v) is 15.6. The maximum Gasteiger partial charge on any atom is 0.221 e. The molecule has 0 heterocycles. The number of hydrogen-bond donors (Lipinski definition) is 3. The summed E-state index contributed by atoms with van der Waals surface area (Å²) < 4.78 is 0. The summed E-state index contributed by atoms with van der Waals surface area (Å²) in [4.78, 5) is 15.6. The Morgan fingerprint density at radius 1 is 1.10 bits per heavy atom. The van der Waals surface area contributed by atoms with E-state index < -0.39 is 0 Å². The second kappa shape index (κ2) is 14.9. The molecule has 0 saturated heterocycles. The summed E-state index contributed by atoms with van der Waals surface area (Å²) in [5.74, 6) is 0.842. The van der Waals surface area contributed by atoms with Crippen LogP contribution in [0.3, 0.4) is 0 Å². The van der Waals surface area contributed by atoms with Crippen LogP contribution >= 0.6 is 24.0 Å². The van der Waals surface area contributed by atoms with Crippen molar-refractivity contribution >= 4 is 35.8 Å². The van der Waals surface area contributed by atoms with Crippen LogP contribution in [-0.2, 0) is 4.79 Å². The molecular weight excluding hydrogens is 367 g/mol. The number of carbonyl (C=O) groups excluding carboxylic acids is 1. The summed E-state index contributed by atoms with van der Waals surface area (Å²) >= 11 is 0. The fourth-order valence-electron chi connectivity index (χ4n) is 1.67. The lowest BCUT2D eigenvalue weighted by Crippen LogP contribution is -2.40. The first-order valence-electron chi connectivity index (χ1n) is 7.34. The van der Waals surface area contributed by atoms with Gasteiger partial charge in [0.15, 0.2) is 5.96 Å². The molecule has 0 unspecified atom stereocenters. The van der Waals surface area contributed by atoms with Crippen molar-refractivity contribution in [2.75, 3.05) is 20.1 Å². The van der Waals surface area contributed by atoms with Crippen molar-refractivity contribution in [3.8, 4) is 0 Å². The van der Waals surface area contributed by atoms with Gasteiger partial charge in [-0.15, -0.1) is 24.0 Å². The van der Waals surface area contributed by atoms with Crippen molar-refractivity contribution in [3.05, 3.63) is 0 Å². The molecule has 0 aliphatic rings. The van der Waals surface area contributed by atoms with Gasteiger partial charge in [0.05, 0.1) is 0 Å². The summed E-state index contributed by atoms with van der Waals surface area (Å²) in [6, 6.07) is 0.198. The molecule has 0 aliphatic carbocycles. The summed E-state index contributed by atoms with van der Waals surface area (Å²) in [6.45, 7) is 7.66. The Kier molecular flexibility index (Phi) is 16.2. The molecule has 6 heteroatoms. The molecule has 0 radical (unpaired) electrons. The third kappa shape index (κ3) is 13.9. The molecular formula is C14H31IN4O. The lowest BCUT2D eigenvalue weighted by Gasteiger charge is -2.12. The van der Waals surface area contributed by atoms with Gasteiger partial charge in [-0.05, 0) is 20.3 Å². The summed E-state index contributed by atoms with van der Waals surface area (Å²) in [5.41, 5.74) is 0. The molecule has 1 amide bonds. The van der Waals surface area contributed by atoms with Crippen LogP contribution in [-0.4, -0.2) is 38.0 Å². The lowest BCUT2D eigenvalue weighted by molar-refractivity contribution is -0.121. The van der Waals surface area contributed by atoms with Gasteiger partial charge in [-0.3, -0.25) is 9.79 Å². The average Bonchev–Trinajstić information content (AvgIpc) is 2.35. The first-order valence-corrected chi connectivity index (χ1v) is 7.34. The quantitative estimate of drug-likeness (QED) is 0.242. The van der Waals surface area contributed by atoms with Crippen LogP contribution in [0.2, 0.25) is 0 Å². The van der Waals surface area contributed by atoms with Gasteiger partial charge in [-0.25, -0.2) is 0 Å². The fourth-order valence-corrected chi connectivity index (χ4v) is 1.67. The number of nitrogens with one attached hydrogen (secondary N) is 3. The standard InChI is InChI=1S/C14H30N4O.HI/c1-5-6-7-8-10-16-14(15-4)17-11-9-13(19)18-12(2)3;/h12H,5-11H2,1-4H3,(H,18,19)(H2,15,16,17);1H. The monoisotopic (exact) mass is 398 g/mol. The van der Waals surface area contributed by atoms with Gasteiger partial charge in [-0.2, -0.15) is 0 Å². The van der Waals surface area contributed by atoms with Gasteiger partial charge in [0.25, 0.3) is 0 Å². The smallest absolute Gasteiger partial charge is 0.221 e. The van der Waals surface area contributed by atoms with Gasteiger partial charge in [0.2, 0.25) is 5.91 Å². The van der Waals surface area contributed by atoms with Crippen LogP contribution in [0.1, 0.15) is 52.9 Å². The highest BCUT2D eigenvalue weighted by atomic mass is 127. The number of nitrogens with zero attached hydrogens (tertiary/aromatic N) is 1. The van der Waals surface area contributed by atoms with E-state index in [1.54, 1.807) is 7.05 Å². The van der Waals surface area contributed by atoms with Gasteiger partial charge >= 0.3 is 0 Å². The molecule has 0 aromatic carbocycles. The predicted octanol–water partition coefficient (Wildman–Crippen LogP) is 2.26. The maximum absolute atomic E-state index is 11.4. The van der Waals surface area contributed by atoms with E-state index in [1.807, 2.05) is 13.8 Å². The van der Waals surface area contributed by atoms with Crippen LogP contribution in [0.15, 0.2) is 4.99 Å². The summed E-state index contributed by atoms with van der Waals surface area (Å²) in [6.07, 6.45) is 5.40. The van der Waals surface area contributed by atoms with Crippen LogP contribution < -0.4 is 16.0 Å². The topological polar surface area (TPSA) is 65.5 Å². The normalized spacial score (nSPS) is 10.9. The van der Waals surface area contributed by atoms with Gasteiger partial charge < -0.3 is 16.0 Å². The number of aliphatic imine (C=N–C) groups is 1. The highest BCUT2D eigenvalue weighted by Gasteiger charge is 2.03. The van der Waals surface area contributed by atoms with Crippen LogP contribution in [0.4, 0.5) is 0 Å². The number of hydrogen-bond acceptors (Lipinski definition) is 2. The van der Waals surface area contributed by atoms with Crippen molar-refractivity contribution in [2.24, 2.45) is 4.99 Å². The Balaban J connectivity index is 0. The highest BCUT2D eigenvalue weighted by molar-refractivity contribution is 14.0. The lowest BCUT2D eigenvalue weighted by atomic mass is 10.2. The molecule has 20 heavy (non-hydrogen) atoms. The molecule has 0 spiro atoms. The third-order valence-electron chi connectivity index (χ3n) is 2.64. The minimum atomic E-state index is 0. The third-order valence-corrected chi connectivity index (χ3v) is 2.64. The highest BCUT2D eigenvalue weighted by Crippen LogP contribution is 1.96. The average molecular weight is 398 g/mol. The van der Waals surface area contributed by atoms with E-state index in [9.17, 15) is 4.79 Å². The van der Waals surface area contributed by atoms with E-state index in [0.717, 1.165) is 18.9 Å². The molecule has 5 nitrogen and oxygen atoms in total. The Bertz CT molecular complexity index is 270. The van der Waals surface area contributed by atoms with Gasteiger partial charge in [0, 0.05) is 32.6 Å². The molecule has 0 bridgehead atoms. The van der Waals surface area contributed by atoms with Crippen molar-refractivity contribution in [1.82, 2.24) is 16.0 Å². The minimum absolute atomic E-state index is 0. The van der Waals surface area contributed by atoms with Gasteiger partial charge in [-0.1, -0.05) is 26.2 Å². The predicted molar refractivity (Wildman–Crippen MR) is 96.8 cm³/mol. The van der Waals surface area contributed by atoms with E-state index in [0.29, 0.717) is 13.0 Å². The molecule has 120 valence electrons. The van der Waals surface area contributed by atoms with E-state index in [4.69, 9.17) is 0 Å². The van der Waals surface area contributed by atoms with Crippen LogP contribution in [0.25, 0.3) is 0 Å². The largest absolute Gasteiger partial charge is 0.356 e.